The maximum absolute atomic E-state index is 13.3. The van der Waals surface area contributed by atoms with Crippen molar-refractivity contribution in [1.82, 2.24) is 24.9 Å². The molecule has 3 heterocycles. The third-order valence-electron chi connectivity index (χ3n) is 4.20. The fraction of sp³-hybridized carbons (Fsp3) is 0.211. The van der Waals surface area contributed by atoms with E-state index in [9.17, 15) is 4.39 Å². The number of rotatable bonds is 5. The van der Waals surface area contributed by atoms with E-state index in [4.69, 9.17) is 5.73 Å². The summed E-state index contributed by atoms with van der Waals surface area (Å²) in [4.78, 5) is 24.5. The van der Waals surface area contributed by atoms with E-state index < -0.39 is 0 Å². The summed E-state index contributed by atoms with van der Waals surface area (Å²) in [5.41, 5.74) is 7.76. The van der Waals surface area contributed by atoms with Crippen LogP contribution in [0.2, 0.25) is 0 Å². The van der Waals surface area contributed by atoms with Crippen molar-refractivity contribution in [3.63, 3.8) is 0 Å². The molecule has 0 saturated carbocycles. The lowest BCUT2D eigenvalue weighted by molar-refractivity contribution is 0.628. The lowest BCUT2D eigenvalue weighted by atomic mass is 10.1. The van der Waals surface area contributed by atoms with Gasteiger partial charge in [-0.3, -0.25) is 0 Å². The molecule has 3 aromatic heterocycles. The fourth-order valence-corrected chi connectivity index (χ4v) is 4.74. The first-order valence-electron chi connectivity index (χ1n) is 8.76. The highest BCUT2D eigenvalue weighted by Crippen LogP contribution is 2.42. The van der Waals surface area contributed by atoms with Gasteiger partial charge in [-0.25, -0.2) is 14.4 Å². The van der Waals surface area contributed by atoms with Gasteiger partial charge in [-0.2, -0.15) is 15.0 Å². The van der Waals surface area contributed by atoms with Gasteiger partial charge in [0.15, 0.2) is 0 Å². The molecule has 0 unspecified atom stereocenters. The second kappa shape index (κ2) is 7.88. The number of thioether (sulfide) groups is 1. The van der Waals surface area contributed by atoms with Gasteiger partial charge in [-0.15, -0.1) is 11.3 Å². The number of nitrogen functional groups attached to an aromatic ring is 1. The van der Waals surface area contributed by atoms with Crippen molar-refractivity contribution in [2.45, 2.75) is 17.2 Å². The molecule has 1 aromatic carbocycles. The SMILES string of the molecule is C[C@H](Sc1ncnc2scc(-c3ccc(F)cc3)c12)c1nc(N)nc(N(C)C)n1. The van der Waals surface area contributed by atoms with Crippen molar-refractivity contribution in [2.75, 3.05) is 24.7 Å². The molecule has 1 atom stereocenters. The first-order chi connectivity index (χ1) is 13.9. The zero-order valence-electron chi connectivity index (χ0n) is 16.0. The van der Waals surface area contributed by atoms with Crippen molar-refractivity contribution < 1.29 is 4.39 Å². The molecule has 4 aromatic rings. The number of fused-ring (bicyclic) bond motifs is 1. The summed E-state index contributed by atoms with van der Waals surface area (Å²) in [6, 6.07) is 6.43. The van der Waals surface area contributed by atoms with E-state index in [-0.39, 0.29) is 17.0 Å². The molecule has 0 amide bonds. The van der Waals surface area contributed by atoms with Crippen LogP contribution in [0.5, 0.6) is 0 Å². The smallest absolute Gasteiger partial charge is 0.229 e. The second-order valence-corrected chi connectivity index (χ2v) is 8.71. The van der Waals surface area contributed by atoms with Crippen LogP contribution >= 0.6 is 23.1 Å². The maximum Gasteiger partial charge on any atom is 0.229 e. The number of hydrogen-bond acceptors (Lipinski definition) is 9. The molecule has 2 N–H and O–H groups in total. The van der Waals surface area contributed by atoms with E-state index in [1.165, 1.54) is 35.2 Å². The molecule has 0 fully saturated rings. The van der Waals surface area contributed by atoms with Gasteiger partial charge in [-0.1, -0.05) is 23.9 Å². The summed E-state index contributed by atoms with van der Waals surface area (Å²) in [6.45, 7) is 2.00. The van der Waals surface area contributed by atoms with Crippen molar-refractivity contribution >= 4 is 45.2 Å². The predicted molar refractivity (Wildman–Crippen MR) is 116 cm³/mol. The summed E-state index contributed by atoms with van der Waals surface area (Å²) < 4.78 is 13.3. The number of benzene rings is 1. The number of thiophene rings is 1. The van der Waals surface area contributed by atoms with Crippen LogP contribution in [0.4, 0.5) is 16.3 Å². The van der Waals surface area contributed by atoms with Crippen molar-refractivity contribution in [2.24, 2.45) is 0 Å². The van der Waals surface area contributed by atoms with E-state index in [0.29, 0.717) is 11.8 Å². The first kappa shape index (κ1) is 19.5. The predicted octanol–water partition coefficient (Wildman–Crippen LogP) is 4.18. The molecule has 0 radical (unpaired) electrons. The van der Waals surface area contributed by atoms with Gasteiger partial charge in [0.2, 0.25) is 11.9 Å². The second-order valence-electron chi connectivity index (χ2n) is 6.52. The molecule has 0 saturated heterocycles. The fourth-order valence-electron chi connectivity index (χ4n) is 2.78. The van der Waals surface area contributed by atoms with Crippen LogP contribution in [0, 0.1) is 5.82 Å². The number of halogens is 1. The average molecular weight is 428 g/mol. The van der Waals surface area contributed by atoms with E-state index in [2.05, 4.69) is 24.9 Å². The van der Waals surface area contributed by atoms with Crippen LogP contribution in [0.1, 0.15) is 18.0 Å². The van der Waals surface area contributed by atoms with Crippen molar-refractivity contribution in [3.8, 4) is 11.1 Å². The van der Waals surface area contributed by atoms with E-state index >= 15 is 0 Å². The Kier molecular flexibility index (Phi) is 5.29. The number of anilines is 2. The Hall–Kier alpha value is -2.85. The topological polar surface area (TPSA) is 93.7 Å². The van der Waals surface area contributed by atoms with E-state index in [1.54, 1.807) is 23.4 Å². The highest BCUT2D eigenvalue weighted by Gasteiger charge is 2.19. The zero-order valence-corrected chi connectivity index (χ0v) is 17.6. The highest BCUT2D eigenvalue weighted by molar-refractivity contribution is 7.99. The molecule has 4 rings (SSSR count). The summed E-state index contributed by atoms with van der Waals surface area (Å²) in [6.07, 6.45) is 1.55. The number of nitrogens with two attached hydrogens (primary N) is 1. The first-order valence-corrected chi connectivity index (χ1v) is 10.5. The van der Waals surface area contributed by atoms with Crippen LogP contribution in [0.25, 0.3) is 21.3 Å². The molecular formula is C19H18FN7S2. The van der Waals surface area contributed by atoms with Gasteiger partial charge >= 0.3 is 0 Å². The lowest BCUT2D eigenvalue weighted by Crippen LogP contribution is -2.16. The Morgan fingerprint density at radius 1 is 1.10 bits per heavy atom. The average Bonchev–Trinajstić information content (AvgIpc) is 3.13. The number of aromatic nitrogens is 5. The Morgan fingerprint density at radius 3 is 2.59 bits per heavy atom. The molecule has 0 aliphatic carbocycles. The molecule has 10 heteroatoms. The zero-order chi connectivity index (χ0) is 20.5. The maximum atomic E-state index is 13.3. The Morgan fingerprint density at radius 2 is 1.86 bits per heavy atom. The minimum Gasteiger partial charge on any atom is -0.368 e. The van der Waals surface area contributed by atoms with Gasteiger partial charge in [0.25, 0.3) is 0 Å². The molecular weight excluding hydrogens is 409 g/mol. The molecule has 0 aliphatic heterocycles. The normalized spacial score (nSPS) is 12.3. The Bertz CT molecular complexity index is 1160. The highest BCUT2D eigenvalue weighted by atomic mass is 32.2. The molecule has 0 spiro atoms. The molecule has 29 heavy (non-hydrogen) atoms. The minimum absolute atomic E-state index is 0.113. The minimum atomic E-state index is -0.267. The Balaban J connectivity index is 1.73. The van der Waals surface area contributed by atoms with E-state index in [0.717, 1.165) is 26.4 Å². The van der Waals surface area contributed by atoms with Gasteiger partial charge in [-0.05, 0) is 24.6 Å². The van der Waals surface area contributed by atoms with Gasteiger partial charge in [0, 0.05) is 25.0 Å². The van der Waals surface area contributed by atoms with Gasteiger partial charge in [0.1, 0.15) is 27.8 Å². The third kappa shape index (κ3) is 3.99. The molecule has 0 aliphatic rings. The Labute approximate surface area is 175 Å². The number of nitrogens with zero attached hydrogens (tertiary/aromatic N) is 6. The summed E-state index contributed by atoms with van der Waals surface area (Å²) in [7, 11) is 3.70. The van der Waals surface area contributed by atoms with Crippen LogP contribution in [0.15, 0.2) is 41.0 Å². The summed E-state index contributed by atoms with van der Waals surface area (Å²) >= 11 is 3.06. The van der Waals surface area contributed by atoms with Crippen LogP contribution in [-0.2, 0) is 0 Å². The van der Waals surface area contributed by atoms with Gasteiger partial charge in [0.05, 0.1) is 10.6 Å². The third-order valence-corrected chi connectivity index (χ3v) is 6.18. The largest absolute Gasteiger partial charge is 0.368 e. The lowest BCUT2D eigenvalue weighted by Gasteiger charge is -2.15. The standard InChI is InChI=1S/C19H18FN7S2/c1-10(15-24-18(21)26-19(25-15)27(2)3)29-17-14-13(8-28-16(14)22-9-23-17)11-4-6-12(20)7-5-11/h4-10H,1-3H3,(H2,21,24,25,26)/t10-/m0/s1. The molecule has 0 bridgehead atoms. The van der Waals surface area contributed by atoms with E-state index in [1.807, 2.05) is 26.4 Å². The molecule has 7 nitrogen and oxygen atoms in total. The monoisotopic (exact) mass is 427 g/mol. The quantitative estimate of drug-likeness (QED) is 0.374. The van der Waals surface area contributed by atoms with Crippen LogP contribution in [0.3, 0.4) is 0 Å². The van der Waals surface area contributed by atoms with Crippen molar-refractivity contribution in [1.29, 1.82) is 0 Å². The van der Waals surface area contributed by atoms with Crippen molar-refractivity contribution in [3.05, 3.63) is 47.6 Å². The van der Waals surface area contributed by atoms with Gasteiger partial charge < -0.3 is 10.6 Å². The van der Waals surface area contributed by atoms with Crippen LogP contribution in [-0.4, -0.2) is 39.0 Å². The summed E-state index contributed by atoms with van der Waals surface area (Å²) in [5, 5.41) is 3.66. The number of hydrogen-bond donors (Lipinski definition) is 1. The summed E-state index contributed by atoms with van der Waals surface area (Å²) in [5.74, 6) is 1.00. The van der Waals surface area contributed by atoms with Crippen LogP contribution < -0.4 is 10.6 Å². The molecule has 148 valence electrons.